The highest BCUT2D eigenvalue weighted by Crippen LogP contribution is 2.16. The second kappa shape index (κ2) is 6.41. The maximum Gasteiger partial charge on any atom is 0.0343 e. The molecule has 0 unspecified atom stereocenters. The van der Waals surface area contributed by atoms with E-state index in [0.717, 1.165) is 12.8 Å². The van der Waals surface area contributed by atoms with Crippen molar-refractivity contribution in [1.29, 1.82) is 0 Å². The Balaban J connectivity index is 2.54. The van der Waals surface area contributed by atoms with Crippen molar-refractivity contribution in [3.63, 3.8) is 0 Å². The van der Waals surface area contributed by atoms with Crippen molar-refractivity contribution in [2.75, 3.05) is 10.6 Å². The predicted octanol–water partition coefficient (Wildman–Crippen LogP) is 4.11. The second-order valence-corrected chi connectivity index (χ2v) is 4.48. The second-order valence-electron chi connectivity index (χ2n) is 4.48. The Kier molecular flexibility index (Phi) is 5.17. The first-order chi connectivity index (χ1) is 7.65. The van der Waals surface area contributed by atoms with Crippen LogP contribution < -0.4 is 10.6 Å². The molecule has 0 saturated carbocycles. The standard InChI is InChI=1S/C14H24N2/c1-5-11(3)15-13-7-9-14(10-8-13)16-12(4)6-2/h7-12,15-16H,5-6H2,1-4H3/t11-,12-/m0/s1. The van der Waals surface area contributed by atoms with Crippen LogP contribution in [-0.4, -0.2) is 12.1 Å². The molecule has 0 aliphatic rings. The molecule has 0 aliphatic carbocycles. The summed E-state index contributed by atoms with van der Waals surface area (Å²) in [7, 11) is 0. The topological polar surface area (TPSA) is 24.1 Å². The molecule has 0 aliphatic heterocycles. The minimum atomic E-state index is 0.536. The van der Waals surface area contributed by atoms with Crippen LogP contribution in [0.4, 0.5) is 11.4 Å². The summed E-state index contributed by atoms with van der Waals surface area (Å²) >= 11 is 0. The van der Waals surface area contributed by atoms with E-state index in [1.807, 2.05) is 0 Å². The monoisotopic (exact) mass is 220 g/mol. The van der Waals surface area contributed by atoms with E-state index in [0.29, 0.717) is 12.1 Å². The highest BCUT2D eigenvalue weighted by atomic mass is 14.9. The molecule has 16 heavy (non-hydrogen) atoms. The predicted molar refractivity (Wildman–Crippen MR) is 73.2 cm³/mol. The smallest absolute Gasteiger partial charge is 0.0343 e. The third-order valence-corrected chi connectivity index (χ3v) is 2.94. The van der Waals surface area contributed by atoms with E-state index in [1.54, 1.807) is 0 Å². The molecule has 0 bridgehead atoms. The van der Waals surface area contributed by atoms with Crippen molar-refractivity contribution in [3.8, 4) is 0 Å². The van der Waals surface area contributed by atoms with Gasteiger partial charge in [0.25, 0.3) is 0 Å². The Morgan fingerprint density at radius 1 is 0.812 bits per heavy atom. The number of hydrogen-bond donors (Lipinski definition) is 2. The van der Waals surface area contributed by atoms with Gasteiger partial charge in [-0.15, -0.1) is 0 Å². The van der Waals surface area contributed by atoms with E-state index >= 15 is 0 Å². The van der Waals surface area contributed by atoms with Gasteiger partial charge < -0.3 is 10.6 Å². The van der Waals surface area contributed by atoms with Crippen LogP contribution in [0.3, 0.4) is 0 Å². The fourth-order valence-electron chi connectivity index (χ4n) is 1.44. The number of rotatable bonds is 6. The Bertz CT molecular complexity index is 261. The van der Waals surface area contributed by atoms with Crippen LogP contribution >= 0.6 is 0 Å². The lowest BCUT2D eigenvalue weighted by Gasteiger charge is -2.15. The average Bonchev–Trinajstić information content (AvgIpc) is 2.31. The van der Waals surface area contributed by atoms with Crippen molar-refractivity contribution < 1.29 is 0 Å². The van der Waals surface area contributed by atoms with E-state index in [4.69, 9.17) is 0 Å². The summed E-state index contributed by atoms with van der Waals surface area (Å²) in [5, 5.41) is 6.92. The van der Waals surface area contributed by atoms with E-state index in [2.05, 4.69) is 62.6 Å². The van der Waals surface area contributed by atoms with Gasteiger partial charge in [0.2, 0.25) is 0 Å². The molecule has 2 heteroatoms. The number of hydrogen-bond acceptors (Lipinski definition) is 2. The molecule has 1 rings (SSSR count). The highest BCUT2D eigenvalue weighted by molar-refractivity contribution is 5.54. The van der Waals surface area contributed by atoms with Crippen molar-refractivity contribution in [2.45, 2.75) is 52.6 Å². The van der Waals surface area contributed by atoms with Gasteiger partial charge in [-0.1, -0.05) is 13.8 Å². The van der Waals surface area contributed by atoms with Gasteiger partial charge in [0.05, 0.1) is 0 Å². The molecule has 0 saturated heterocycles. The van der Waals surface area contributed by atoms with Crippen LogP contribution in [0.1, 0.15) is 40.5 Å². The summed E-state index contributed by atoms with van der Waals surface area (Å²) in [5.41, 5.74) is 2.40. The van der Waals surface area contributed by atoms with E-state index in [-0.39, 0.29) is 0 Å². The van der Waals surface area contributed by atoms with Crippen LogP contribution in [0.15, 0.2) is 24.3 Å². The van der Waals surface area contributed by atoms with E-state index in [1.165, 1.54) is 11.4 Å². The van der Waals surface area contributed by atoms with Gasteiger partial charge in [0, 0.05) is 23.5 Å². The zero-order valence-corrected chi connectivity index (χ0v) is 10.9. The summed E-state index contributed by atoms with van der Waals surface area (Å²) in [6, 6.07) is 9.61. The van der Waals surface area contributed by atoms with E-state index < -0.39 is 0 Å². The molecule has 0 aromatic heterocycles. The summed E-state index contributed by atoms with van der Waals surface area (Å²) in [6.07, 6.45) is 2.29. The van der Waals surface area contributed by atoms with Gasteiger partial charge >= 0.3 is 0 Å². The van der Waals surface area contributed by atoms with Crippen molar-refractivity contribution in [1.82, 2.24) is 0 Å². The molecule has 90 valence electrons. The Morgan fingerprint density at radius 2 is 1.12 bits per heavy atom. The van der Waals surface area contributed by atoms with Crippen molar-refractivity contribution >= 4 is 11.4 Å². The molecular weight excluding hydrogens is 196 g/mol. The summed E-state index contributed by atoms with van der Waals surface area (Å²) in [5.74, 6) is 0. The van der Waals surface area contributed by atoms with E-state index in [9.17, 15) is 0 Å². The fraction of sp³-hybridized carbons (Fsp3) is 0.571. The highest BCUT2D eigenvalue weighted by Gasteiger charge is 2.00. The molecule has 0 fully saturated rings. The van der Waals surface area contributed by atoms with Crippen molar-refractivity contribution in [2.24, 2.45) is 0 Å². The number of anilines is 2. The lowest BCUT2D eigenvalue weighted by atomic mass is 10.2. The zero-order valence-electron chi connectivity index (χ0n) is 10.9. The first kappa shape index (κ1) is 12.9. The van der Waals surface area contributed by atoms with Gasteiger partial charge in [0.1, 0.15) is 0 Å². The summed E-state index contributed by atoms with van der Waals surface area (Å²) in [6.45, 7) is 8.78. The van der Waals surface area contributed by atoms with Crippen LogP contribution in [-0.2, 0) is 0 Å². The maximum absolute atomic E-state index is 3.46. The maximum atomic E-state index is 3.46. The van der Waals surface area contributed by atoms with Gasteiger partial charge in [-0.25, -0.2) is 0 Å². The number of benzene rings is 1. The van der Waals surface area contributed by atoms with Crippen molar-refractivity contribution in [3.05, 3.63) is 24.3 Å². The molecule has 0 heterocycles. The largest absolute Gasteiger partial charge is 0.383 e. The van der Waals surface area contributed by atoms with Gasteiger partial charge in [-0.05, 0) is 51.0 Å². The third kappa shape index (κ3) is 4.13. The molecule has 0 spiro atoms. The SMILES string of the molecule is CC[C@H](C)Nc1ccc(N[C@@H](C)CC)cc1. The fourth-order valence-corrected chi connectivity index (χ4v) is 1.44. The third-order valence-electron chi connectivity index (χ3n) is 2.94. The molecular formula is C14H24N2. The first-order valence-electron chi connectivity index (χ1n) is 6.28. The quantitative estimate of drug-likeness (QED) is 0.754. The summed E-state index contributed by atoms with van der Waals surface area (Å²) < 4.78 is 0. The molecule has 1 aromatic rings. The normalized spacial score (nSPS) is 14.2. The molecule has 0 radical (unpaired) electrons. The zero-order chi connectivity index (χ0) is 12.0. The Labute approximate surface area is 99.5 Å². The molecule has 2 atom stereocenters. The molecule has 2 N–H and O–H groups in total. The summed E-state index contributed by atoms with van der Waals surface area (Å²) in [4.78, 5) is 0. The minimum absolute atomic E-state index is 0.536. The average molecular weight is 220 g/mol. The lowest BCUT2D eigenvalue weighted by Crippen LogP contribution is -2.14. The molecule has 0 amide bonds. The van der Waals surface area contributed by atoms with Gasteiger partial charge in [-0.3, -0.25) is 0 Å². The Hall–Kier alpha value is -1.18. The van der Waals surface area contributed by atoms with Gasteiger partial charge in [-0.2, -0.15) is 0 Å². The molecule has 1 aromatic carbocycles. The first-order valence-corrected chi connectivity index (χ1v) is 6.28. The number of nitrogens with one attached hydrogen (secondary N) is 2. The van der Waals surface area contributed by atoms with Crippen LogP contribution in [0, 0.1) is 0 Å². The van der Waals surface area contributed by atoms with Crippen LogP contribution in [0.5, 0.6) is 0 Å². The van der Waals surface area contributed by atoms with Gasteiger partial charge in [0.15, 0.2) is 0 Å². The lowest BCUT2D eigenvalue weighted by molar-refractivity contribution is 0.761. The Morgan fingerprint density at radius 3 is 1.38 bits per heavy atom. The van der Waals surface area contributed by atoms with Crippen LogP contribution in [0.2, 0.25) is 0 Å². The minimum Gasteiger partial charge on any atom is -0.383 e. The molecule has 2 nitrogen and oxygen atoms in total. The van der Waals surface area contributed by atoms with Crippen LogP contribution in [0.25, 0.3) is 0 Å².